The third-order valence-electron chi connectivity index (χ3n) is 4.24. The Balaban J connectivity index is 1.88. The summed E-state index contributed by atoms with van der Waals surface area (Å²) in [7, 11) is 0. The van der Waals surface area contributed by atoms with Crippen LogP contribution in [0.4, 0.5) is 0 Å². The molecule has 2 rings (SSSR count). The topological polar surface area (TPSA) is 38.0 Å². The normalized spacial score (nSPS) is 37.7. The van der Waals surface area contributed by atoms with Gasteiger partial charge in [0.1, 0.15) is 0 Å². The molecule has 2 nitrogen and oxygen atoms in total. The standard InChI is InChI=1S/C13H22N2/c1-2-3-4-7-15-13(10-14)9-11-5-6-12(13)8-11/h11-12,15H,4-10,14H2,1H3. The summed E-state index contributed by atoms with van der Waals surface area (Å²) in [6.45, 7) is 3.70. The predicted octanol–water partition coefficient (Wildman–Crippen LogP) is 1.51. The van der Waals surface area contributed by atoms with E-state index >= 15 is 0 Å². The number of nitrogens with one attached hydrogen (secondary N) is 1. The Morgan fingerprint density at radius 1 is 1.47 bits per heavy atom. The fourth-order valence-electron chi connectivity index (χ4n) is 3.48. The molecule has 2 aliphatic carbocycles. The van der Waals surface area contributed by atoms with Gasteiger partial charge in [0.05, 0.1) is 0 Å². The fraction of sp³-hybridized carbons (Fsp3) is 0.846. The number of rotatable bonds is 4. The molecule has 84 valence electrons. The predicted molar refractivity (Wildman–Crippen MR) is 63.3 cm³/mol. The van der Waals surface area contributed by atoms with Gasteiger partial charge in [0.15, 0.2) is 0 Å². The van der Waals surface area contributed by atoms with Crippen molar-refractivity contribution in [3.63, 3.8) is 0 Å². The van der Waals surface area contributed by atoms with Gasteiger partial charge in [-0.3, -0.25) is 0 Å². The number of hydrogen-bond donors (Lipinski definition) is 2. The van der Waals surface area contributed by atoms with Gasteiger partial charge in [0, 0.05) is 25.0 Å². The van der Waals surface area contributed by atoms with E-state index in [0.717, 1.165) is 31.3 Å². The Morgan fingerprint density at radius 2 is 2.33 bits per heavy atom. The third kappa shape index (κ3) is 2.04. The van der Waals surface area contributed by atoms with Gasteiger partial charge in [0.2, 0.25) is 0 Å². The molecule has 0 amide bonds. The molecule has 0 aromatic carbocycles. The van der Waals surface area contributed by atoms with Crippen LogP contribution in [0, 0.1) is 23.7 Å². The Kier molecular flexibility index (Phi) is 3.33. The summed E-state index contributed by atoms with van der Waals surface area (Å²) in [5.74, 6) is 7.82. The fourth-order valence-corrected chi connectivity index (χ4v) is 3.48. The Labute approximate surface area is 93.0 Å². The highest BCUT2D eigenvalue weighted by molar-refractivity contribution is 5.07. The second-order valence-corrected chi connectivity index (χ2v) is 5.04. The van der Waals surface area contributed by atoms with Crippen molar-refractivity contribution in [2.24, 2.45) is 17.6 Å². The maximum absolute atomic E-state index is 5.97. The van der Waals surface area contributed by atoms with Gasteiger partial charge in [-0.2, -0.15) is 0 Å². The molecule has 3 atom stereocenters. The SMILES string of the molecule is CC#CCCNC1(CN)CC2CCC1C2. The molecule has 0 aliphatic heterocycles. The molecule has 15 heavy (non-hydrogen) atoms. The van der Waals surface area contributed by atoms with Gasteiger partial charge in [-0.1, -0.05) is 6.42 Å². The van der Waals surface area contributed by atoms with Crippen LogP contribution in [-0.2, 0) is 0 Å². The van der Waals surface area contributed by atoms with E-state index in [4.69, 9.17) is 5.73 Å². The van der Waals surface area contributed by atoms with Crippen molar-refractivity contribution in [2.45, 2.75) is 44.6 Å². The van der Waals surface area contributed by atoms with Gasteiger partial charge in [-0.25, -0.2) is 0 Å². The first-order chi connectivity index (χ1) is 7.30. The molecule has 3 N–H and O–H groups in total. The highest BCUT2D eigenvalue weighted by Gasteiger charge is 2.49. The minimum absolute atomic E-state index is 0.262. The molecular formula is C13H22N2. The summed E-state index contributed by atoms with van der Waals surface area (Å²) >= 11 is 0. The minimum atomic E-state index is 0.262. The minimum Gasteiger partial charge on any atom is -0.329 e. The van der Waals surface area contributed by atoms with Crippen LogP contribution in [0.2, 0.25) is 0 Å². The molecule has 0 aromatic heterocycles. The second-order valence-electron chi connectivity index (χ2n) is 5.04. The van der Waals surface area contributed by atoms with Gasteiger partial charge >= 0.3 is 0 Å². The lowest BCUT2D eigenvalue weighted by atomic mass is 9.81. The average Bonchev–Trinajstić information content (AvgIpc) is 2.85. The van der Waals surface area contributed by atoms with Crippen LogP contribution in [0.15, 0.2) is 0 Å². The van der Waals surface area contributed by atoms with E-state index < -0.39 is 0 Å². The Bertz CT molecular complexity index is 276. The molecule has 3 unspecified atom stereocenters. The summed E-state index contributed by atoms with van der Waals surface area (Å²) in [5, 5.41) is 3.68. The zero-order valence-electron chi connectivity index (χ0n) is 9.68. The van der Waals surface area contributed by atoms with Crippen molar-refractivity contribution in [1.82, 2.24) is 5.32 Å². The van der Waals surface area contributed by atoms with Crippen molar-refractivity contribution in [3.8, 4) is 11.8 Å². The van der Waals surface area contributed by atoms with E-state index in [1.54, 1.807) is 0 Å². The number of nitrogens with two attached hydrogens (primary N) is 1. The molecule has 2 saturated carbocycles. The van der Waals surface area contributed by atoms with Crippen LogP contribution in [0.5, 0.6) is 0 Å². The van der Waals surface area contributed by atoms with E-state index in [0.29, 0.717) is 0 Å². The summed E-state index contributed by atoms with van der Waals surface area (Å²) in [6, 6.07) is 0. The van der Waals surface area contributed by atoms with Gasteiger partial charge < -0.3 is 11.1 Å². The Morgan fingerprint density at radius 3 is 2.87 bits per heavy atom. The molecule has 2 bridgehead atoms. The van der Waals surface area contributed by atoms with Crippen LogP contribution < -0.4 is 11.1 Å². The summed E-state index contributed by atoms with van der Waals surface area (Å²) in [4.78, 5) is 0. The van der Waals surface area contributed by atoms with Crippen molar-refractivity contribution >= 4 is 0 Å². The summed E-state index contributed by atoms with van der Waals surface area (Å²) in [6.07, 6.45) is 6.48. The Hall–Kier alpha value is -0.520. The largest absolute Gasteiger partial charge is 0.329 e. The number of fused-ring (bicyclic) bond motifs is 2. The van der Waals surface area contributed by atoms with E-state index in [9.17, 15) is 0 Å². The third-order valence-corrected chi connectivity index (χ3v) is 4.24. The molecule has 2 fully saturated rings. The maximum Gasteiger partial charge on any atom is 0.0335 e. The monoisotopic (exact) mass is 206 g/mol. The van der Waals surface area contributed by atoms with Crippen molar-refractivity contribution in [2.75, 3.05) is 13.1 Å². The second kappa shape index (κ2) is 4.55. The highest BCUT2D eigenvalue weighted by Crippen LogP contribution is 2.50. The molecule has 0 spiro atoms. The van der Waals surface area contributed by atoms with Crippen molar-refractivity contribution in [1.29, 1.82) is 0 Å². The first kappa shape index (κ1) is 11.0. The van der Waals surface area contributed by atoms with Gasteiger partial charge in [-0.15, -0.1) is 11.8 Å². The lowest BCUT2D eigenvalue weighted by Gasteiger charge is -2.37. The molecule has 0 aromatic rings. The maximum atomic E-state index is 5.97. The van der Waals surface area contributed by atoms with Crippen LogP contribution in [0.25, 0.3) is 0 Å². The van der Waals surface area contributed by atoms with E-state index in [1.807, 2.05) is 6.92 Å². The highest BCUT2D eigenvalue weighted by atomic mass is 15.0. The van der Waals surface area contributed by atoms with E-state index in [1.165, 1.54) is 25.7 Å². The van der Waals surface area contributed by atoms with Gasteiger partial charge in [-0.05, 0) is 38.0 Å². The molecule has 2 aliphatic rings. The van der Waals surface area contributed by atoms with E-state index in [-0.39, 0.29) is 5.54 Å². The average molecular weight is 206 g/mol. The van der Waals surface area contributed by atoms with Crippen LogP contribution in [0.1, 0.15) is 39.0 Å². The van der Waals surface area contributed by atoms with Crippen molar-refractivity contribution in [3.05, 3.63) is 0 Å². The van der Waals surface area contributed by atoms with E-state index in [2.05, 4.69) is 17.2 Å². The van der Waals surface area contributed by atoms with Gasteiger partial charge in [0.25, 0.3) is 0 Å². The molecule has 0 heterocycles. The first-order valence-electron chi connectivity index (χ1n) is 6.15. The van der Waals surface area contributed by atoms with Crippen molar-refractivity contribution < 1.29 is 0 Å². The molecular weight excluding hydrogens is 184 g/mol. The number of hydrogen-bond acceptors (Lipinski definition) is 2. The summed E-state index contributed by atoms with van der Waals surface area (Å²) < 4.78 is 0. The van der Waals surface area contributed by atoms with Crippen LogP contribution in [0.3, 0.4) is 0 Å². The molecule has 0 radical (unpaired) electrons. The lowest BCUT2D eigenvalue weighted by molar-refractivity contribution is 0.218. The first-order valence-corrected chi connectivity index (χ1v) is 6.15. The quantitative estimate of drug-likeness (QED) is 0.540. The lowest BCUT2D eigenvalue weighted by Crippen LogP contribution is -2.55. The zero-order chi connectivity index (χ0) is 10.7. The zero-order valence-corrected chi connectivity index (χ0v) is 9.68. The molecule has 0 saturated heterocycles. The smallest absolute Gasteiger partial charge is 0.0335 e. The summed E-state index contributed by atoms with van der Waals surface area (Å²) in [5.41, 5.74) is 6.23. The van der Waals surface area contributed by atoms with Crippen LogP contribution >= 0.6 is 0 Å². The molecule has 2 heteroatoms. The van der Waals surface area contributed by atoms with Crippen LogP contribution in [-0.4, -0.2) is 18.6 Å².